The summed E-state index contributed by atoms with van der Waals surface area (Å²) in [4.78, 5) is 12.0. The topological polar surface area (TPSA) is 38.3 Å². The van der Waals surface area contributed by atoms with Gasteiger partial charge in [0.15, 0.2) is 0 Å². The molecule has 3 heteroatoms. The third-order valence-electron chi connectivity index (χ3n) is 6.56. The first-order valence-corrected chi connectivity index (χ1v) is 8.77. The first kappa shape index (κ1) is 15.3. The lowest BCUT2D eigenvalue weighted by Gasteiger charge is -2.59. The van der Waals surface area contributed by atoms with Crippen LogP contribution in [0, 0.1) is 29.1 Å². The second-order valence-corrected chi connectivity index (χ2v) is 8.41. The number of nitrogens with one attached hydrogen (secondary N) is 1. The van der Waals surface area contributed by atoms with E-state index < -0.39 is 0 Å². The Morgan fingerprint density at radius 3 is 1.90 bits per heavy atom. The molecule has 4 saturated carbocycles. The predicted octanol–water partition coefficient (Wildman–Crippen LogP) is 3.38. The lowest BCUT2D eigenvalue weighted by molar-refractivity contribution is -0.145. The normalized spacial score (nSPS) is 40.3. The number of carbonyl (C=O) groups is 1. The average Bonchev–Trinajstić information content (AvgIpc) is 2.41. The fourth-order valence-electron chi connectivity index (χ4n) is 5.81. The highest BCUT2D eigenvalue weighted by Crippen LogP contribution is 2.61. The van der Waals surface area contributed by atoms with E-state index >= 15 is 0 Å². The molecule has 0 aromatic carbocycles. The van der Waals surface area contributed by atoms with Gasteiger partial charge in [-0.15, -0.1) is 0 Å². The zero-order valence-corrected chi connectivity index (χ0v) is 14.0. The van der Waals surface area contributed by atoms with Gasteiger partial charge in [-0.1, -0.05) is 13.8 Å². The molecule has 0 spiro atoms. The summed E-state index contributed by atoms with van der Waals surface area (Å²) in [6.07, 6.45) is 8.53. The lowest BCUT2D eigenvalue weighted by atomic mass is 9.48. The minimum absolute atomic E-state index is 0.110. The SMILES string of the molecule is COC(=O)[C@@H](NC(C)C12CC3CC(CC(C3)C1)C2)C(C)C. The van der Waals surface area contributed by atoms with Crippen molar-refractivity contribution in [2.24, 2.45) is 29.1 Å². The number of ether oxygens (including phenoxy) is 1. The molecule has 0 aromatic rings. The fraction of sp³-hybridized carbons (Fsp3) is 0.944. The molecule has 0 amide bonds. The van der Waals surface area contributed by atoms with Gasteiger partial charge in [-0.05, 0) is 74.5 Å². The number of esters is 1. The molecule has 0 saturated heterocycles. The fourth-order valence-corrected chi connectivity index (χ4v) is 5.81. The Morgan fingerprint density at radius 2 is 1.52 bits per heavy atom. The molecule has 0 radical (unpaired) electrons. The van der Waals surface area contributed by atoms with Crippen LogP contribution in [0.1, 0.15) is 59.3 Å². The van der Waals surface area contributed by atoms with Gasteiger partial charge in [0.25, 0.3) is 0 Å². The Balaban J connectivity index is 1.72. The van der Waals surface area contributed by atoms with Crippen molar-refractivity contribution in [3.63, 3.8) is 0 Å². The number of methoxy groups -OCH3 is 1. The second-order valence-electron chi connectivity index (χ2n) is 8.41. The van der Waals surface area contributed by atoms with Crippen LogP contribution in [0.4, 0.5) is 0 Å². The Bertz CT molecular complexity index is 369. The summed E-state index contributed by atoms with van der Waals surface area (Å²) in [6, 6.07) is 0.246. The van der Waals surface area contributed by atoms with Gasteiger partial charge >= 0.3 is 5.97 Å². The van der Waals surface area contributed by atoms with E-state index in [0.717, 1.165) is 17.8 Å². The molecule has 0 aliphatic heterocycles. The van der Waals surface area contributed by atoms with Crippen molar-refractivity contribution in [1.82, 2.24) is 5.32 Å². The maximum atomic E-state index is 12.0. The molecule has 0 heterocycles. The molecule has 120 valence electrons. The maximum Gasteiger partial charge on any atom is 0.323 e. The number of hydrogen-bond acceptors (Lipinski definition) is 3. The molecule has 0 aromatic heterocycles. The van der Waals surface area contributed by atoms with Crippen LogP contribution in [0.3, 0.4) is 0 Å². The lowest BCUT2D eigenvalue weighted by Crippen LogP contribution is -2.58. The zero-order valence-electron chi connectivity index (χ0n) is 14.0. The first-order valence-electron chi connectivity index (χ1n) is 8.77. The molecular weight excluding hydrogens is 262 g/mol. The highest BCUT2D eigenvalue weighted by molar-refractivity contribution is 5.76. The Kier molecular flexibility index (Phi) is 4.06. The smallest absolute Gasteiger partial charge is 0.323 e. The molecule has 21 heavy (non-hydrogen) atoms. The molecule has 3 nitrogen and oxygen atoms in total. The van der Waals surface area contributed by atoms with E-state index in [1.165, 1.54) is 45.6 Å². The van der Waals surface area contributed by atoms with E-state index in [9.17, 15) is 4.79 Å². The van der Waals surface area contributed by atoms with Gasteiger partial charge in [0.2, 0.25) is 0 Å². The van der Waals surface area contributed by atoms with Crippen LogP contribution >= 0.6 is 0 Å². The van der Waals surface area contributed by atoms with E-state index in [1.807, 2.05) is 0 Å². The molecule has 4 fully saturated rings. The van der Waals surface area contributed by atoms with Gasteiger partial charge in [0, 0.05) is 6.04 Å². The number of hydrogen-bond donors (Lipinski definition) is 1. The quantitative estimate of drug-likeness (QED) is 0.790. The van der Waals surface area contributed by atoms with Crippen molar-refractivity contribution in [3.8, 4) is 0 Å². The molecule has 1 unspecified atom stereocenters. The van der Waals surface area contributed by atoms with Crippen LogP contribution in [0.25, 0.3) is 0 Å². The third-order valence-corrected chi connectivity index (χ3v) is 6.56. The van der Waals surface area contributed by atoms with Crippen LogP contribution in [0.15, 0.2) is 0 Å². The van der Waals surface area contributed by atoms with Crippen molar-refractivity contribution in [3.05, 3.63) is 0 Å². The summed E-state index contributed by atoms with van der Waals surface area (Å²) in [6.45, 7) is 6.51. The minimum Gasteiger partial charge on any atom is -0.468 e. The third kappa shape index (κ3) is 2.74. The van der Waals surface area contributed by atoms with E-state index in [0.29, 0.717) is 11.5 Å². The van der Waals surface area contributed by atoms with E-state index in [-0.39, 0.29) is 17.9 Å². The van der Waals surface area contributed by atoms with E-state index in [2.05, 4.69) is 26.1 Å². The monoisotopic (exact) mass is 293 g/mol. The van der Waals surface area contributed by atoms with E-state index in [4.69, 9.17) is 4.74 Å². The van der Waals surface area contributed by atoms with Gasteiger partial charge < -0.3 is 10.1 Å². The second kappa shape index (κ2) is 5.57. The number of rotatable bonds is 5. The predicted molar refractivity (Wildman–Crippen MR) is 83.8 cm³/mol. The van der Waals surface area contributed by atoms with E-state index in [1.54, 1.807) is 0 Å². The summed E-state index contributed by atoms with van der Waals surface area (Å²) in [5.41, 5.74) is 0.440. The first-order chi connectivity index (χ1) is 9.93. The average molecular weight is 293 g/mol. The van der Waals surface area contributed by atoms with Crippen molar-refractivity contribution >= 4 is 5.97 Å². The van der Waals surface area contributed by atoms with Gasteiger partial charge in [0.05, 0.1) is 7.11 Å². The Labute approximate surface area is 129 Å². The Morgan fingerprint density at radius 1 is 1.05 bits per heavy atom. The van der Waals surface area contributed by atoms with Crippen LogP contribution in [-0.2, 0) is 9.53 Å². The summed E-state index contributed by atoms with van der Waals surface area (Å²) in [5.74, 6) is 3.03. The molecule has 2 atom stereocenters. The summed E-state index contributed by atoms with van der Waals surface area (Å²) >= 11 is 0. The van der Waals surface area contributed by atoms with Gasteiger partial charge in [0.1, 0.15) is 6.04 Å². The minimum atomic E-state index is -0.169. The molecule has 4 aliphatic rings. The summed E-state index contributed by atoms with van der Waals surface area (Å²) in [5, 5.41) is 3.65. The van der Waals surface area contributed by atoms with Crippen molar-refractivity contribution in [2.45, 2.75) is 71.4 Å². The molecule has 4 bridgehead atoms. The number of carbonyl (C=O) groups excluding carboxylic acids is 1. The molecule has 1 N–H and O–H groups in total. The molecule has 4 rings (SSSR count). The summed E-state index contributed by atoms with van der Waals surface area (Å²) in [7, 11) is 1.49. The molecular formula is C18H31NO2. The van der Waals surface area contributed by atoms with Gasteiger partial charge in [-0.2, -0.15) is 0 Å². The highest BCUT2D eigenvalue weighted by Gasteiger charge is 2.53. The largest absolute Gasteiger partial charge is 0.468 e. The van der Waals surface area contributed by atoms with Crippen molar-refractivity contribution < 1.29 is 9.53 Å². The standard InChI is InChI=1S/C18H31NO2/c1-11(2)16(17(20)21-4)19-12(3)18-8-13-5-14(9-18)7-15(6-13)10-18/h11-16,19H,5-10H2,1-4H3/t12?,13?,14?,15?,16-,18?/m0/s1. The van der Waals surface area contributed by atoms with Crippen LogP contribution in [0.5, 0.6) is 0 Å². The molecule has 4 aliphatic carbocycles. The van der Waals surface area contributed by atoms with Crippen LogP contribution < -0.4 is 5.32 Å². The van der Waals surface area contributed by atoms with Gasteiger partial charge in [-0.3, -0.25) is 4.79 Å². The van der Waals surface area contributed by atoms with Gasteiger partial charge in [-0.25, -0.2) is 0 Å². The summed E-state index contributed by atoms with van der Waals surface area (Å²) < 4.78 is 4.99. The van der Waals surface area contributed by atoms with Crippen molar-refractivity contribution in [1.29, 1.82) is 0 Å². The van der Waals surface area contributed by atoms with Crippen LogP contribution in [0.2, 0.25) is 0 Å². The van der Waals surface area contributed by atoms with Crippen molar-refractivity contribution in [2.75, 3.05) is 7.11 Å². The zero-order chi connectivity index (χ0) is 15.2. The maximum absolute atomic E-state index is 12.0. The van der Waals surface area contributed by atoms with Crippen LogP contribution in [-0.4, -0.2) is 25.2 Å². The highest BCUT2D eigenvalue weighted by atomic mass is 16.5. The Hall–Kier alpha value is -0.570.